The van der Waals surface area contributed by atoms with Crippen LogP contribution in [0.2, 0.25) is 0 Å². The lowest BCUT2D eigenvalue weighted by molar-refractivity contribution is -0.140. The van der Waals surface area contributed by atoms with E-state index >= 15 is 0 Å². The van der Waals surface area contributed by atoms with E-state index in [4.69, 9.17) is 4.74 Å². The fourth-order valence-corrected chi connectivity index (χ4v) is 3.30. The Hall–Kier alpha value is -0.660. The van der Waals surface area contributed by atoms with E-state index < -0.39 is 10.0 Å². The van der Waals surface area contributed by atoms with Crippen molar-refractivity contribution in [3.63, 3.8) is 0 Å². The molecule has 2 rings (SSSR count). The lowest BCUT2D eigenvalue weighted by Crippen LogP contribution is -2.41. The molecule has 18 heavy (non-hydrogen) atoms. The lowest BCUT2D eigenvalue weighted by Gasteiger charge is -2.23. The molecule has 0 N–H and O–H groups in total. The van der Waals surface area contributed by atoms with Crippen LogP contribution in [0, 0.1) is 0 Å². The molecular formula is C11H20N2O4S. The highest BCUT2D eigenvalue weighted by atomic mass is 32.2. The van der Waals surface area contributed by atoms with Gasteiger partial charge in [0, 0.05) is 32.8 Å². The van der Waals surface area contributed by atoms with Gasteiger partial charge in [-0.25, -0.2) is 12.7 Å². The van der Waals surface area contributed by atoms with Gasteiger partial charge < -0.3 is 9.64 Å². The van der Waals surface area contributed by atoms with Crippen molar-refractivity contribution in [3.05, 3.63) is 0 Å². The molecule has 7 heteroatoms. The highest BCUT2D eigenvalue weighted by Crippen LogP contribution is 2.16. The number of ether oxygens (including phenoxy) is 1. The zero-order chi connectivity index (χ0) is 13.2. The number of hydrogen-bond acceptors (Lipinski definition) is 4. The molecule has 2 fully saturated rings. The molecule has 0 aliphatic carbocycles. The number of carbonyl (C=O) groups excluding carboxylic acids is 1. The summed E-state index contributed by atoms with van der Waals surface area (Å²) in [5.41, 5.74) is 0. The predicted octanol–water partition coefficient (Wildman–Crippen LogP) is -0.341. The van der Waals surface area contributed by atoms with Gasteiger partial charge in [-0.1, -0.05) is 0 Å². The zero-order valence-corrected chi connectivity index (χ0v) is 11.5. The Morgan fingerprint density at radius 1 is 1.17 bits per heavy atom. The maximum Gasteiger partial charge on any atom is 0.251 e. The van der Waals surface area contributed by atoms with Gasteiger partial charge in [-0.3, -0.25) is 4.79 Å². The average molecular weight is 276 g/mol. The first-order valence-corrected chi connectivity index (χ1v) is 8.19. The maximum absolute atomic E-state index is 12.1. The number of rotatable bonds is 2. The second-order valence-corrected chi connectivity index (χ2v) is 6.82. The first-order valence-electron chi connectivity index (χ1n) is 6.34. The number of hydrogen-bond donors (Lipinski definition) is 0. The third kappa shape index (κ3) is 3.21. The standard InChI is InChI=1S/C11H20N2O4S/c1-18(15,16)13-6-3-5-12(7-8-13)11(14)10-4-2-9-17-10/h10H,2-9H2,1H3. The lowest BCUT2D eigenvalue weighted by atomic mass is 10.2. The van der Waals surface area contributed by atoms with Crippen molar-refractivity contribution in [2.24, 2.45) is 0 Å². The van der Waals surface area contributed by atoms with Gasteiger partial charge in [0.25, 0.3) is 5.91 Å². The molecule has 0 bridgehead atoms. The normalized spacial score (nSPS) is 27.2. The molecule has 2 heterocycles. The van der Waals surface area contributed by atoms with E-state index in [0.717, 1.165) is 12.8 Å². The van der Waals surface area contributed by atoms with Crippen LogP contribution in [0.4, 0.5) is 0 Å². The van der Waals surface area contributed by atoms with Gasteiger partial charge in [-0.2, -0.15) is 0 Å². The van der Waals surface area contributed by atoms with E-state index in [-0.39, 0.29) is 12.0 Å². The Morgan fingerprint density at radius 3 is 2.56 bits per heavy atom. The Balaban J connectivity index is 1.94. The minimum absolute atomic E-state index is 0.0165. The molecule has 1 unspecified atom stereocenters. The molecular weight excluding hydrogens is 256 g/mol. The molecule has 2 aliphatic heterocycles. The van der Waals surface area contributed by atoms with Crippen molar-refractivity contribution in [3.8, 4) is 0 Å². The van der Waals surface area contributed by atoms with Gasteiger partial charge in [-0.15, -0.1) is 0 Å². The Kier molecular flexibility index (Phi) is 4.24. The number of carbonyl (C=O) groups is 1. The van der Waals surface area contributed by atoms with Gasteiger partial charge in [0.1, 0.15) is 6.10 Å². The van der Waals surface area contributed by atoms with E-state index in [1.54, 1.807) is 4.90 Å². The van der Waals surface area contributed by atoms with Gasteiger partial charge in [0.2, 0.25) is 10.0 Å². The third-order valence-electron chi connectivity index (χ3n) is 3.44. The van der Waals surface area contributed by atoms with E-state index in [9.17, 15) is 13.2 Å². The van der Waals surface area contributed by atoms with Crippen LogP contribution in [0.15, 0.2) is 0 Å². The summed E-state index contributed by atoms with van der Waals surface area (Å²) in [7, 11) is -3.15. The van der Waals surface area contributed by atoms with Crippen LogP contribution in [0.1, 0.15) is 19.3 Å². The molecule has 0 aromatic heterocycles. The minimum atomic E-state index is -3.15. The third-order valence-corrected chi connectivity index (χ3v) is 4.74. The first-order chi connectivity index (χ1) is 8.48. The van der Waals surface area contributed by atoms with Crippen LogP contribution in [0.3, 0.4) is 0 Å². The van der Waals surface area contributed by atoms with Crippen LogP contribution in [-0.4, -0.2) is 68.7 Å². The van der Waals surface area contributed by atoms with Crippen LogP contribution in [-0.2, 0) is 19.6 Å². The molecule has 0 radical (unpaired) electrons. The number of sulfonamides is 1. The summed E-state index contributed by atoms with van der Waals surface area (Å²) in [5, 5.41) is 0. The van der Waals surface area contributed by atoms with E-state index in [2.05, 4.69) is 0 Å². The van der Waals surface area contributed by atoms with Crippen molar-refractivity contribution in [2.45, 2.75) is 25.4 Å². The maximum atomic E-state index is 12.1. The van der Waals surface area contributed by atoms with Crippen LogP contribution < -0.4 is 0 Å². The van der Waals surface area contributed by atoms with Gasteiger partial charge in [0.05, 0.1) is 6.26 Å². The van der Waals surface area contributed by atoms with Gasteiger partial charge in [0.15, 0.2) is 0 Å². The molecule has 104 valence electrons. The van der Waals surface area contributed by atoms with Crippen LogP contribution in [0.5, 0.6) is 0 Å². The molecule has 0 aromatic carbocycles. The number of nitrogens with zero attached hydrogens (tertiary/aromatic N) is 2. The SMILES string of the molecule is CS(=O)(=O)N1CCCN(C(=O)C2CCCO2)CC1. The minimum Gasteiger partial charge on any atom is -0.368 e. The fraction of sp³-hybridized carbons (Fsp3) is 0.909. The van der Waals surface area contributed by atoms with Crippen molar-refractivity contribution >= 4 is 15.9 Å². The molecule has 1 atom stereocenters. The molecule has 2 saturated heterocycles. The predicted molar refractivity (Wildman–Crippen MR) is 66.6 cm³/mol. The highest BCUT2D eigenvalue weighted by Gasteiger charge is 2.30. The van der Waals surface area contributed by atoms with E-state index in [1.165, 1.54) is 10.6 Å². The Labute approximate surface area is 108 Å². The summed E-state index contributed by atoms with van der Waals surface area (Å²) in [6.45, 7) is 2.61. The molecule has 0 aromatic rings. The summed E-state index contributed by atoms with van der Waals surface area (Å²) in [5.74, 6) is 0.0165. The first kappa shape index (κ1) is 13.8. The van der Waals surface area contributed by atoms with Crippen molar-refractivity contribution < 1.29 is 17.9 Å². The summed E-state index contributed by atoms with van der Waals surface area (Å²) >= 11 is 0. The van der Waals surface area contributed by atoms with E-state index in [1.807, 2.05) is 0 Å². The molecule has 2 aliphatic rings. The number of amides is 1. The molecule has 1 amide bonds. The molecule has 0 spiro atoms. The topological polar surface area (TPSA) is 66.9 Å². The summed E-state index contributed by atoms with van der Waals surface area (Å²) in [6.07, 6.45) is 3.30. The van der Waals surface area contributed by atoms with Crippen molar-refractivity contribution in [2.75, 3.05) is 39.0 Å². The zero-order valence-electron chi connectivity index (χ0n) is 10.7. The fourth-order valence-electron chi connectivity index (χ4n) is 2.42. The smallest absolute Gasteiger partial charge is 0.251 e. The van der Waals surface area contributed by atoms with Crippen LogP contribution >= 0.6 is 0 Å². The Morgan fingerprint density at radius 2 is 1.94 bits per heavy atom. The summed E-state index contributed by atoms with van der Waals surface area (Å²) in [6, 6.07) is 0. The second-order valence-electron chi connectivity index (χ2n) is 4.84. The Bertz CT molecular complexity index is 403. The monoisotopic (exact) mass is 276 g/mol. The van der Waals surface area contributed by atoms with E-state index in [0.29, 0.717) is 39.2 Å². The van der Waals surface area contributed by atoms with Gasteiger partial charge >= 0.3 is 0 Å². The highest BCUT2D eigenvalue weighted by molar-refractivity contribution is 7.88. The van der Waals surface area contributed by atoms with Gasteiger partial charge in [-0.05, 0) is 19.3 Å². The van der Waals surface area contributed by atoms with Crippen LogP contribution in [0.25, 0.3) is 0 Å². The quantitative estimate of drug-likeness (QED) is 0.692. The average Bonchev–Trinajstić information content (AvgIpc) is 2.70. The largest absolute Gasteiger partial charge is 0.368 e. The summed E-state index contributed by atoms with van der Waals surface area (Å²) in [4.78, 5) is 13.9. The summed E-state index contributed by atoms with van der Waals surface area (Å²) < 4.78 is 29.8. The molecule has 0 saturated carbocycles. The van der Waals surface area contributed by atoms with Crippen molar-refractivity contribution in [1.82, 2.24) is 9.21 Å². The molecule has 6 nitrogen and oxygen atoms in total. The van der Waals surface area contributed by atoms with Crippen molar-refractivity contribution in [1.29, 1.82) is 0 Å². The second kappa shape index (κ2) is 5.54.